The minimum Gasteiger partial charge on any atom is -0.0809 e. The largest absolute Gasteiger partial charge is 0.0809 e. The molecule has 0 bridgehead atoms. The summed E-state index contributed by atoms with van der Waals surface area (Å²) in [4.78, 5) is 0. The van der Waals surface area contributed by atoms with Crippen molar-refractivity contribution in [3.8, 4) is 0 Å². The molecule has 2 unspecified atom stereocenters. The highest BCUT2D eigenvalue weighted by Gasteiger charge is 2.34. The third kappa shape index (κ3) is 2.98. The van der Waals surface area contributed by atoms with Crippen molar-refractivity contribution in [3.05, 3.63) is 23.3 Å². The molecular weight excluding hydrogens is 224 g/mol. The lowest BCUT2D eigenvalue weighted by Gasteiger charge is -2.37. The first-order valence-corrected chi connectivity index (χ1v) is 13.6. The summed E-state index contributed by atoms with van der Waals surface area (Å²) in [5.41, 5.74) is 4.80. The maximum absolute atomic E-state index is 2.59. The van der Waals surface area contributed by atoms with Crippen LogP contribution < -0.4 is 0 Å². The predicted molar refractivity (Wildman–Crippen MR) is 81.7 cm³/mol. The van der Waals surface area contributed by atoms with Gasteiger partial charge in [0.1, 0.15) is 0 Å². The standard InChI is InChI=1S/C14H28Si2/c1-11-9-14(16(6,7)8)12(2)10-13(11)15(3,4)5/h9-10,13-14H,1-8H3. The monoisotopic (exact) mass is 252 g/mol. The maximum Gasteiger partial charge on any atom is 0.0561 e. The van der Waals surface area contributed by atoms with Gasteiger partial charge in [0, 0.05) is 0 Å². The van der Waals surface area contributed by atoms with Gasteiger partial charge in [0.25, 0.3) is 0 Å². The van der Waals surface area contributed by atoms with Crippen molar-refractivity contribution in [1.29, 1.82) is 0 Å². The maximum atomic E-state index is 2.59. The van der Waals surface area contributed by atoms with Gasteiger partial charge < -0.3 is 0 Å². The smallest absolute Gasteiger partial charge is 0.0561 e. The summed E-state index contributed by atoms with van der Waals surface area (Å²) in [5, 5.41) is 0. The Labute approximate surface area is 104 Å². The zero-order valence-corrected chi connectivity index (χ0v) is 14.3. The van der Waals surface area contributed by atoms with Crippen LogP contribution in [-0.4, -0.2) is 16.1 Å². The van der Waals surface area contributed by atoms with Crippen LogP contribution in [0.2, 0.25) is 50.4 Å². The van der Waals surface area contributed by atoms with Crippen molar-refractivity contribution < 1.29 is 0 Å². The first-order valence-electron chi connectivity index (χ1n) is 6.40. The first-order chi connectivity index (χ1) is 7.03. The molecule has 0 aromatic rings. The Morgan fingerprint density at radius 3 is 1.12 bits per heavy atom. The SMILES string of the molecule is CC1=CC([Si](C)(C)C)C(C)=CC1[Si](C)(C)C. The molecule has 0 aromatic heterocycles. The van der Waals surface area contributed by atoms with Gasteiger partial charge in [-0.15, -0.1) is 0 Å². The molecule has 0 aliphatic heterocycles. The second-order valence-corrected chi connectivity index (χ2v) is 18.2. The average molecular weight is 253 g/mol. The van der Waals surface area contributed by atoms with E-state index < -0.39 is 16.1 Å². The normalized spacial score (nSPS) is 27.5. The second-order valence-electron chi connectivity index (χ2n) is 7.51. The highest BCUT2D eigenvalue weighted by atomic mass is 28.3. The molecule has 16 heavy (non-hydrogen) atoms. The van der Waals surface area contributed by atoms with E-state index in [1.54, 1.807) is 11.1 Å². The van der Waals surface area contributed by atoms with Crippen LogP contribution >= 0.6 is 0 Å². The van der Waals surface area contributed by atoms with Gasteiger partial charge in [0.15, 0.2) is 0 Å². The second kappa shape index (κ2) is 4.30. The zero-order valence-electron chi connectivity index (χ0n) is 12.3. The Morgan fingerprint density at radius 1 is 0.688 bits per heavy atom. The van der Waals surface area contributed by atoms with Gasteiger partial charge in [-0.05, 0) is 24.9 Å². The summed E-state index contributed by atoms with van der Waals surface area (Å²) >= 11 is 0. The molecule has 0 amide bonds. The summed E-state index contributed by atoms with van der Waals surface area (Å²) in [5.74, 6) is 0. The lowest BCUT2D eigenvalue weighted by Crippen LogP contribution is -2.34. The van der Waals surface area contributed by atoms with Crippen LogP contribution in [0, 0.1) is 0 Å². The summed E-state index contributed by atoms with van der Waals surface area (Å²) < 4.78 is 0. The van der Waals surface area contributed by atoms with E-state index in [0.717, 1.165) is 11.1 Å². The van der Waals surface area contributed by atoms with E-state index in [4.69, 9.17) is 0 Å². The van der Waals surface area contributed by atoms with Crippen molar-refractivity contribution in [2.45, 2.75) is 64.2 Å². The van der Waals surface area contributed by atoms with Gasteiger partial charge in [-0.2, -0.15) is 0 Å². The molecule has 0 saturated carbocycles. The van der Waals surface area contributed by atoms with Crippen LogP contribution in [0.5, 0.6) is 0 Å². The summed E-state index contributed by atoms with van der Waals surface area (Å²) in [6.45, 7) is 19.6. The topological polar surface area (TPSA) is 0 Å². The quantitative estimate of drug-likeness (QED) is 0.461. The third-order valence-corrected chi connectivity index (χ3v) is 8.68. The molecule has 2 atom stereocenters. The molecule has 92 valence electrons. The van der Waals surface area contributed by atoms with Gasteiger partial charge in [-0.25, -0.2) is 0 Å². The van der Waals surface area contributed by atoms with Crippen molar-refractivity contribution in [2.24, 2.45) is 0 Å². The van der Waals surface area contributed by atoms with Crippen LogP contribution in [0.1, 0.15) is 13.8 Å². The van der Waals surface area contributed by atoms with E-state index in [1.807, 2.05) is 0 Å². The Morgan fingerprint density at radius 2 is 0.938 bits per heavy atom. The molecule has 0 aromatic carbocycles. The first kappa shape index (κ1) is 14.0. The fourth-order valence-corrected chi connectivity index (χ4v) is 7.31. The Hall–Kier alpha value is -0.0862. The van der Waals surface area contributed by atoms with Crippen LogP contribution in [0.15, 0.2) is 23.3 Å². The Bertz CT molecular complexity index is 290. The summed E-state index contributed by atoms with van der Waals surface area (Å²) in [6, 6.07) is 0. The molecule has 0 saturated heterocycles. The lowest BCUT2D eigenvalue weighted by atomic mass is 10.0. The van der Waals surface area contributed by atoms with Crippen LogP contribution in [0.4, 0.5) is 0 Å². The van der Waals surface area contributed by atoms with Gasteiger partial charge >= 0.3 is 0 Å². The molecule has 0 heterocycles. The van der Waals surface area contributed by atoms with Crippen LogP contribution in [0.3, 0.4) is 0 Å². The third-order valence-electron chi connectivity index (χ3n) is 3.71. The molecule has 1 aliphatic rings. The van der Waals surface area contributed by atoms with E-state index in [0.29, 0.717) is 0 Å². The van der Waals surface area contributed by atoms with E-state index in [-0.39, 0.29) is 0 Å². The number of hydrogen-bond donors (Lipinski definition) is 0. The number of hydrogen-bond acceptors (Lipinski definition) is 0. The molecule has 1 aliphatic carbocycles. The van der Waals surface area contributed by atoms with Gasteiger partial charge in [0.2, 0.25) is 0 Å². The van der Waals surface area contributed by atoms with Crippen molar-refractivity contribution in [1.82, 2.24) is 0 Å². The van der Waals surface area contributed by atoms with Crippen molar-refractivity contribution in [2.75, 3.05) is 0 Å². The summed E-state index contributed by atoms with van der Waals surface area (Å²) in [7, 11) is -2.16. The predicted octanol–water partition coefficient (Wildman–Crippen LogP) is 5.31. The van der Waals surface area contributed by atoms with Crippen molar-refractivity contribution in [3.63, 3.8) is 0 Å². The average Bonchev–Trinajstić information content (AvgIpc) is 2.04. The van der Waals surface area contributed by atoms with E-state index in [2.05, 4.69) is 65.3 Å². The Kier molecular flexibility index (Phi) is 3.76. The minimum atomic E-state index is -1.08. The molecule has 1 rings (SSSR count). The molecule has 0 nitrogen and oxygen atoms in total. The Balaban J connectivity index is 3.06. The van der Waals surface area contributed by atoms with Gasteiger partial charge in [-0.1, -0.05) is 62.6 Å². The molecule has 2 heteroatoms. The van der Waals surface area contributed by atoms with E-state index in [9.17, 15) is 0 Å². The fraction of sp³-hybridized carbons (Fsp3) is 0.714. The fourth-order valence-electron chi connectivity index (χ4n) is 2.86. The lowest BCUT2D eigenvalue weighted by molar-refractivity contribution is 0.987. The highest BCUT2D eigenvalue weighted by molar-refractivity contribution is 6.80. The van der Waals surface area contributed by atoms with E-state index >= 15 is 0 Å². The molecular formula is C14H28Si2. The van der Waals surface area contributed by atoms with Crippen molar-refractivity contribution >= 4 is 16.1 Å². The summed E-state index contributed by atoms with van der Waals surface area (Å²) in [6.07, 6.45) is 5.18. The minimum absolute atomic E-state index is 0.764. The van der Waals surface area contributed by atoms with Gasteiger partial charge in [0.05, 0.1) is 16.1 Å². The van der Waals surface area contributed by atoms with E-state index in [1.165, 1.54) is 0 Å². The number of allylic oxidation sites excluding steroid dienone is 4. The number of rotatable bonds is 2. The zero-order chi connectivity index (χ0) is 12.7. The van der Waals surface area contributed by atoms with Crippen LogP contribution in [0.25, 0.3) is 0 Å². The highest BCUT2D eigenvalue weighted by Crippen LogP contribution is 2.43. The van der Waals surface area contributed by atoms with Crippen LogP contribution in [-0.2, 0) is 0 Å². The molecule has 0 N–H and O–H groups in total. The van der Waals surface area contributed by atoms with Gasteiger partial charge in [-0.3, -0.25) is 0 Å². The molecule has 0 fully saturated rings. The molecule has 0 spiro atoms. The molecule has 0 radical (unpaired) electrons.